The Balaban J connectivity index is 2.38. The fourth-order valence-corrected chi connectivity index (χ4v) is 2.85. The molecule has 0 atom stereocenters. The van der Waals surface area contributed by atoms with Gasteiger partial charge in [0.15, 0.2) is 11.4 Å². The Kier molecular flexibility index (Phi) is 3.08. The molecule has 1 aromatic carbocycles. The van der Waals surface area contributed by atoms with Crippen molar-refractivity contribution in [2.75, 3.05) is 7.11 Å². The number of ether oxygens (including phenoxy) is 1. The number of rotatable bonds is 3. The first-order chi connectivity index (χ1) is 9.72. The number of nitrogens with two attached hydrogens (primary N) is 1. The fourth-order valence-electron chi connectivity index (χ4n) is 2.05. The van der Waals surface area contributed by atoms with Crippen LogP contribution in [-0.4, -0.2) is 23.0 Å². The van der Waals surface area contributed by atoms with Crippen molar-refractivity contribution in [2.24, 2.45) is 5.73 Å². The van der Waals surface area contributed by atoms with Crippen LogP contribution < -0.4 is 10.5 Å². The van der Waals surface area contributed by atoms with Crippen LogP contribution in [-0.2, 0) is 0 Å². The van der Waals surface area contributed by atoms with E-state index in [1.807, 2.05) is 30.3 Å². The maximum atomic E-state index is 11.6. The molecule has 1 amide bonds. The van der Waals surface area contributed by atoms with Crippen LogP contribution in [0.4, 0.5) is 0 Å². The van der Waals surface area contributed by atoms with E-state index in [9.17, 15) is 4.79 Å². The molecule has 0 aliphatic carbocycles. The number of carbonyl (C=O) groups excluding carboxylic acids is 1. The van der Waals surface area contributed by atoms with E-state index in [4.69, 9.17) is 10.5 Å². The molecule has 5 nitrogen and oxygen atoms in total. The maximum Gasteiger partial charge on any atom is 0.271 e. The standard InChI is InChI=1S/C14H11N3O2S/c1-19-12-10-13(20-7-16-10)9(17-11(12)14(15)18)8-5-3-2-4-6-8/h2-7H,1H3,(H2,15,18). The highest BCUT2D eigenvalue weighted by molar-refractivity contribution is 7.17. The zero-order valence-electron chi connectivity index (χ0n) is 10.7. The van der Waals surface area contributed by atoms with E-state index >= 15 is 0 Å². The number of hydrogen-bond donors (Lipinski definition) is 1. The number of hydrogen-bond acceptors (Lipinski definition) is 5. The summed E-state index contributed by atoms with van der Waals surface area (Å²) < 4.78 is 6.12. The summed E-state index contributed by atoms with van der Waals surface area (Å²) in [4.78, 5) is 20.2. The third-order valence-electron chi connectivity index (χ3n) is 2.92. The smallest absolute Gasteiger partial charge is 0.271 e. The summed E-state index contributed by atoms with van der Waals surface area (Å²) >= 11 is 1.45. The molecule has 0 aliphatic rings. The zero-order chi connectivity index (χ0) is 14.1. The average molecular weight is 285 g/mol. The van der Waals surface area contributed by atoms with Gasteiger partial charge in [0.1, 0.15) is 5.52 Å². The molecule has 0 unspecified atom stereocenters. The lowest BCUT2D eigenvalue weighted by Gasteiger charge is -2.09. The van der Waals surface area contributed by atoms with Crippen LogP contribution in [0.25, 0.3) is 21.5 Å². The third kappa shape index (κ3) is 1.90. The fraction of sp³-hybridized carbons (Fsp3) is 0.0714. The van der Waals surface area contributed by atoms with Gasteiger partial charge in [0, 0.05) is 5.56 Å². The zero-order valence-corrected chi connectivity index (χ0v) is 11.5. The molecule has 2 N–H and O–H groups in total. The largest absolute Gasteiger partial charge is 0.492 e. The number of thiazole rings is 1. The Morgan fingerprint density at radius 1 is 1.30 bits per heavy atom. The van der Waals surface area contributed by atoms with E-state index in [1.165, 1.54) is 18.4 Å². The second-order valence-corrected chi connectivity index (χ2v) is 4.96. The second-order valence-electron chi connectivity index (χ2n) is 4.10. The van der Waals surface area contributed by atoms with E-state index < -0.39 is 5.91 Å². The van der Waals surface area contributed by atoms with Gasteiger partial charge in [0.25, 0.3) is 5.91 Å². The Morgan fingerprint density at radius 2 is 2.05 bits per heavy atom. The molecule has 2 aromatic heterocycles. The lowest BCUT2D eigenvalue weighted by atomic mass is 10.1. The van der Waals surface area contributed by atoms with E-state index in [0.29, 0.717) is 17.0 Å². The first-order valence-electron chi connectivity index (χ1n) is 5.88. The molecule has 0 radical (unpaired) electrons. The molecule has 3 rings (SSSR count). The van der Waals surface area contributed by atoms with Gasteiger partial charge >= 0.3 is 0 Å². The molecule has 0 saturated heterocycles. The first kappa shape index (κ1) is 12.6. The van der Waals surface area contributed by atoms with Crippen molar-refractivity contribution in [2.45, 2.75) is 0 Å². The highest BCUT2D eigenvalue weighted by Crippen LogP contribution is 2.36. The molecule has 100 valence electrons. The van der Waals surface area contributed by atoms with Gasteiger partial charge in [0.05, 0.1) is 23.0 Å². The summed E-state index contributed by atoms with van der Waals surface area (Å²) in [5.74, 6) is -0.303. The van der Waals surface area contributed by atoms with Crippen LogP contribution in [0.1, 0.15) is 10.5 Å². The highest BCUT2D eigenvalue weighted by Gasteiger charge is 2.20. The summed E-state index contributed by atoms with van der Waals surface area (Å²) in [6.45, 7) is 0. The lowest BCUT2D eigenvalue weighted by Crippen LogP contribution is -2.15. The Hall–Kier alpha value is -2.47. The van der Waals surface area contributed by atoms with E-state index in [1.54, 1.807) is 5.51 Å². The molecule has 0 bridgehead atoms. The number of carbonyl (C=O) groups is 1. The Labute approximate surface area is 119 Å². The van der Waals surface area contributed by atoms with Crippen molar-refractivity contribution < 1.29 is 9.53 Å². The molecular weight excluding hydrogens is 274 g/mol. The van der Waals surface area contributed by atoms with Crippen molar-refractivity contribution >= 4 is 27.5 Å². The quantitative estimate of drug-likeness (QED) is 0.801. The van der Waals surface area contributed by atoms with Crippen LogP contribution in [0.2, 0.25) is 0 Å². The SMILES string of the molecule is COc1c(C(N)=O)nc(-c2ccccc2)c2scnc12. The molecule has 0 spiro atoms. The van der Waals surface area contributed by atoms with Crippen molar-refractivity contribution in [3.8, 4) is 17.0 Å². The predicted molar refractivity (Wildman–Crippen MR) is 77.9 cm³/mol. The number of nitrogens with zero attached hydrogens (tertiary/aromatic N) is 2. The summed E-state index contributed by atoms with van der Waals surface area (Å²) in [5.41, 5.74) is 9.41. The van der Waals surface area contributed by atoms with Crippen LogP contribution in [0.5, 0.6) is 5.75 Å². The minimum Gasteiger partial charge on any atom is -0.492 e. The predicted octanol–water partition coefficient (Wildman–Crippen LogP) is 2.47. The Bertz CT molecular complexity index is 784. The average Bonchev–Trinajstić information content (AvgIpc) is 2.95. The first-order valence-corrected chi connectivity index (χ1v) is 6.76. The summed E-state index contributed by atoms with van der Waals surface area (Å²) in [5, 5.41) is 0. The van der Waals surface area contributed by atoms with Crippen molar-refractivity contribution in [1.82, 2.24) is 9.97 Å². The number of primary amides is 1. The maximum absolute atomic E-state index is 11.6. The number of pyridine rings is 1. The number of methoxy groups -OCH3 is 1. The highest BCUT2D eigenvalue weighted by atomic mass is 32.1. The van der Waals surface area contributed by atoms with Gasteiger partial charge in [-0.15, -0.1) is 11.3 Å². The van der Waals surface area contributed by atoms with Gasteiger partial charge in [-0.05, 0) is 0 Å². The molecule has 3 aromatic rings. The molecule has 0 saturated carbocycles. The normalized spacial score (nSPS) is 10.7. The molecular formula is C14H11N3O2S. The van der Waals surface area contributed by atoms with Gasteiger partial charge in [-0.25, -0.2) is 9.97 Å². The molecule has 6 heteroatoms. The number of benzene rings is 1. The van der Waals surface area contributed by atoms with Crippen molar-refractivity contribution in [3.05, 3.63) is 41.5 Å². The molecule has 2 heterocycles. The van der Waals surface area contributed by atoms with Crippen molar-refractivity contribution in [3.63, 3.8) is 0 Å². The summed E-state index contributed by atoms with van der Waals surface area (Å²) in [6.07, 6.45) is 0. The third-order valence-corrected chi connectivity index (χ3v) is 3.75. The summed E-state index contributed by atoms with van der Waals surface area (Å²) in [7, 11) is 1.48. The van der Waals surface area contributed by atoms with E-state index in [0.717, 1.165) is 10.3 Å². The van der Waals surface area contributed by atoms with Crippen LogP contribution in [0.15, 0.2) is 35.8 Å². The van der Waals surface area contributed by atoms with Crippen LogP contribution in [0.3, 0.4) is 0 Å². The van der Waals surface area contributed by atoms with E-state index in [-0.39, 0.29) is 5.69 Å². The number of aromatic nitrogens is 2. The second kappa shape index (κ2) is 4.90. The molecule has 20 heavy (non-hydrogen) atoms. The van der Waals surface area contributed by atoms with E-state index in [2.05, 4.69) is 9.97 Å². The Morgan fingerprint density at radius 3 is 2.70 bits per heavy atom. The molecule has 0 aliphatic heterocycles. The van der Waals surface area contributed by atoms with Gasteiger partial charge in [-0.3, -0.25) is 4.79 Å². The molecule has 0 fully saturated rings. The number of amides is 1. The monoisotopic (exact) mass is 285 g/mol. The summed E-state index contributed by atoms with van der Waals surface area (Å²) in [6, 6.07) is 9.61. The van der Waals surface area contributed by atoms with Gasteiger partial charge in [0.2, 0.25) is 0 Å². The van der Waals surface area contributed by atoms with Gasteiger partial charge in [-0.1, -0.05) is 30.3 Å². The number of fused-ring (bicyclic) bond motifs is 1. The topological polar surface area (TPSA) is 78.1 Å². The van der Waals surface area contributed by atoms with Gasteiger partial charge in [-0.2, -0.15) is 0 Å². The lowest BCUT2D eigenvalue weighted by molar-refractivity contribution is 0.0993. The van der Waals surface area contributed by atoms with Crippen molar-refractivity contribution in [1.29, 1.82) is 0 Å². The van der Waals surface area contributed by atoms with Crippen LogP contribution >= 0.6 is 11.3 Å². The minimum atomic E-state index is -0.631. The van der Waals surface area contributed by atoms with Crippen LogP contribution in [0, 0.1) is 0 Å². The minimum absolute atomic E-state index is 0.102. The van der Waals surface area contributed by atoms with Gasteiger partial charge < -0.3 is 10.5 Å².